The molecule has 0 fully saturated rings. The Labute approximate surface area is 129 Å². The molecule has 0 spiro atoms. The summed E-state index contributed by atoms with van der Waals surface area (Å²) in [5, 5.41) is 3.10. The zero-order valence-electron chi connectivity index (χ0n) is 13.0. The molecule has 0 bridgehead atoms. The zero-order chi connectivity index (χ0) is 15.1. The monoisotopic (exact) mass is 296 g/mol. The second kappa shape index (κ2) is 5.16. The molecular weight excluding hydrogens is 276 g/mol. The number of aromatic nitrogens is 3. The van der Waals surface area contributed by atoms with Crippen molar-refractivity contribution in [3.8, 4) is 11.3 Å². The Morgan fingerprint density at radius 2 is 2.27 bits per heavy atom. The van der Waals surface area contributed by atoms with E-state index in [-0.39, 0.29) is 0 Å². The van der Waals surface area contributed by atoms with Crippen LogP contribution in [0.4, 0.5) is 6.01 Å². The number of nitrogens with one attached hydrogen (secondary N) is 1. The summed E-state index contributed by atoms with van der Waals surface area (Å²) in [5.41, 5.74) is 3.79. The summed E-state index contributed by atoms with van der Waals surface area (Å²) in [4.78, 5) is 9.26. The number of imidazole rings is 1. The molecule has 0 aliphatic carbocycles. The maximum absolute atomic E-state index is 5.65. The van der Waals surface area contributed by atoms with E-state index in [2.05, 4.69) is 40.1 Å². The van der Waals surface area contributed by atoms with Crippen molar-refractivity contribution in [3.63, 3.8) is 0 Å². The second-order valence-electron chi connectivity index (χ2n) is 6.07. The molecule has 3 heterocycles. The van der Waals surface area contributed by atoms with Crippen molar-refractivity contribution in [1.82, 2.24) is 14.5 Å². The van der Waals surface area contributed by atoms with Gasteiger partial charge in [0.1, 0.15) is 11.3 Å². The quantitative estimate of drug-likeness (QED) is 0.800. The van der Waals surface area contributed by atoms with Gasteiger partial charge in [-0.15, -0.1) is 0 Å². The number of oxazole rings is 1. The van der Waals surface area contributed by atoms with E-state index < -0.39 is 0 Å². The van der Waals surface area contributed by atoms with Crippen LogP contribution in [-0.4, -0.2) is 21.1 Å². The molecular formula is C17H20N4O. The van der Waals surface area contributed by atoms with Gasteiger partial charge in [0, 0.05) is 31.3 Å². The van der Waals surface area contributed by atoms with E-state index in [0.717, 1.165) is 47.8 Å². The first-order valence-corrected chi connectivity index (χ1v) is 7.94. The van der Waals surface area contributed by atoms with E-state index in [1.165, 1.54) is 12.2 Å². The fourth-order valence-corrected chi connectivity index (χ4v) is 3.07. The highest BCUT2D eigenvalue weighted by atomic mass is 16.4. The van der Waals surface area contributed by atoms with Crippen LogP contribution in [0.25, 0.3) is 22.4 Å². The Balaban J connectivity index is 1.71. The van der Waals surface area contributed by atoms with E-state index in [9.17, 15) is 0 Å². The number of hydrogen-bond acceptors (Lipinski definition) is 4. The standard InChI is InChI=1S/C17H20N4O/c1-3-18-17-20-13-8-12(5-6-15(13)22-17)14-10-21-9-11(2)4-7-16(21)19-14/h5-6,8,10-11H,3-4,7,9H2,1-2H3,(H,18,20). The van der Waals surface area contributed by atoms with Crippen molar-refractivity contribution in [2.24, 2.45) is 5.92 Å². The van der Waals surface area contributed by atoms with Gasteiger partial charge in [-0.05, 0) is 37.5 Å². The summed E-state index contributed by atoms with van der Waals surface area (Å²) in [6, 6.07) is 6.66. The van der Waals surface area contributed by atoms with Crippen molar-refractivity contribution in [1.29, 1.82) is 0 Å². The number of hydrogen-bond donors (Lipinski definition) is 1. The summed E-state index contributed by atoms with van der Waals surface area (Å²) < 4.78 is 7.94. The summed E-state index contributed by atoms with van der Waals surface area (Å²) >= 11 is 0. The highest BCUT2D eigenvalue weighted by Gasteiger charge is 2.18. The van der Waals surface area contributed by atoms with E-state index in [4.69, 9.17) is 9.40 Å². The molecule has 3 aromatic rings. The molecule has 22 heavy (non-hydrogen) atoms. The lowest BCUT2D eigenvalue weighted by atomic mass is 10.0. The van der Waals surface area contributed by atoms with Crippen molar-refractivity contribution in [3.05, 3.63) is 30.2 Å². The number of fused-ring (bicyclic) bond motifs is 2. The third kappa shape index (κ3) is 2.26. The van der Waals surface area contributed by atoms with Crippen LogP contribution >= 0.6 is 0 Å². The highest BCUT2D eigenvalue weighted by molar-refractivity contribution is 5.80. The Morgan fingerprint density at radius 1 is 1.36 bits per heavy atom. The van der Waals surface area contributed by atoms with Gasteiger partial charge in [-0.25, -0.2) is 4.98 Å². The summed E-state index contributed by atoms with van der Waals surface area (Å²) in [5.74, 6) is 1.93. The maximum Gasteiger partial charge on any atom is 0.295 e. The highest BCUT2D eigenvalue weighted by Crippen LogP contribution is 2.28. The van der Waals surface area contributed by atoms with Crippen LogP contribution in [0.15, 0.2) is 28.8 Å². The first-order valence-electron chi connectivity index (χ1n) is 7.94. The fourth-order valence-electron chi connectivity index (χ4n) is 3.07. The van der Waals surface area contributed by atoms with Gasteiger partial charge in [0.2, 0.25) is 0 Å². The molecule has 4 rings (SSSR count). The predicted molar refractivity (Wildman–Crippen MR) is 86.9 cm³/mol. The molecule has 5 nitrogen and oxygen atoms in total. The molecule has 0 amide bonds. The van der Waals surface area contributed by atoms with E-state index in [1.54, 1.807) is 0 Å². The fraction of sp³-hybridized carbons (Fsp3) is 0.412. The lowest BCUT2D eigenvalue weighted by molar-refractivity contribution is 0.394. The van der Waals surface area contributed by atoms with Crippen LogP contribution in [-0.2, 0) is 13.0 Å². The maximum atomic E-state index is 5.65. The normalized spacial score (nSPS) is 17.6. The Hall–Kier alpha value is -2.30. The van der Waals surface area contributed by atoms with Crippen LogP contribution in [0, 0.1) is 5.92 Å². The average molecular weight is 296 g/mol. The van der Waals surface area contributed by atoms with Gasteiger partial charge >= 0.3 is 0 Å². The Morgan fingerprint density at radius 3 is 3.14 bits per heavy atom. The summed E-state index contributed by atoms with van der Waals surface area (Å²) in [7, 11) is 0. The molecule has 1 atom stereocenters. The molecule has 1 aromatic carbocycles. The van der Waals surface area contributed by atoms with Gasteiger partial charge < -0.3 is 14.3 Å². The van der Waals surface area contributed by atoms with Crippen LogP contribution in [0.1, 0.15) is 26.1 Å². The van der Waals surface area contributed by atoms with E-state index in [1.807, 2.05) is 13.0 Å². The molecule has 1 aliphatic heterocycles. The summed E-state index contributed by atoms with van der Waals surface area (Å²) in [6.07, 6.45) is 4.46. The van der Waals surface area contributed by atoms with Crippen molar-refractivity contribution in [2.45, 2.75) is 33.2 Å². The lowest BCUT2D eigenvalue weighted by Gasteiger charge is -2.19. The van der Waals surface area contributed by atoms with Crippen molar-refractivity contribution >= 4 is 17.1 Å². The van der Waals surface area contributed by atoms with Crippen LogP contribution in [0.5, 0.6) is 0 Å². The van der Waals surface area contributed by atoms with Crippen molar-refractivity contribution < 1.29 is 4.42 Å². The SMILES string of the molecule is CCNc1nc2cc(-c3cn4c(n3)CCC(C)C4)ccc2o1. The largest absolute Gasteiger partial charge is 0.424 e. The molecule has 0 radical (unpaired) electrons. The third-order valence-corrected chi connectivity index (χ3v) is 4.24. The van der Waals surface area contributed by atoms with Crippen LogP contribution in [0.2, 0.25) is 0 Å². The zero-order valence-corrected chi connectivity index (χ0v) is 13.0. The van der Waals surface area contributed by atoms with E-state index in [0.29, 0.717) is 6.01 Å². The molecule has 114 valence electrons. The molecule has 5 heteroatoms. The van der Waals surface area contributed by atoms with Crippen LogP contribution in [0.3, 0.4) is 0 Å². The lowest BCUT2D eigenvalue weighted by Crippen LogP contribution is -2.17. The van der Waals surface area contributed by atoms with Gasteiger partial charge in [-0.3, -0.25) is 0 Å². The smallest absolute Gasteiger partial charge is 0.295 e. The number of benzene rings is 1. The molecule has 0 saturated heterocycles. The second-order valence-corrected chi connectivity index (χ2v) is 6.07. The minimum Gasteiger partial charge on any atom is -0.424 e. The molecule has 1 unspecified atom stereocenters. The molecule has 1 aliphatic rings. The van der Waals surface area contributed by atoms with Crippen molar-refractivity contribution in [2.75, 3.05) is 11.9 Å². The number of nitrogens with zero attached hydrogens (tertiary/aromatic N) is 3. The minimum atomic E-state index is 0.576. The topological polar surface area (TPSA) is 55.9 Å². The van der Waals surface area contributed by atoms with Gasteiger partial charge in [-0.2, -0.15) is 4.98 Å². The van der Waals surface area contributed by atoms with Gasteiger partial charge in [0.25, 0.3) is 6.01 Å². The average Bonchev–Trinajstić information content (AvgIpc) is 3.09. The number of anilines is 1. The Kier molecular flexibility index (Phi) is 3.13. The summed E-state index contributed by atoms with van der Waals surface area (Å²) in [6.45, 7) is 6.19. The first-order chi connectivity index (χ1) is 10.7. The third-order valence-electron chi connectivity index (χ3n) is 4.24. The predicted octanol–water partition coefficient (Wildman–Crippen LogP) is 3.71. The first kappa shape index (κ1) is 13.4. The minimum absolute atomic E-state index is 0.576. The van der Waals surface area contributed by atoms with Gasteiger partial charge in [-0.1, -0.05) is 6.92 Å². The number of rotatable bonds is 3. The van der Waals surface area contributed by atoms with Gasteiger partial charge in [0.05, 0.1) is 5.69 Å². The molecule has 1 N–H and O–H groups in total. The van der Waals surface area contributed by atoms with E-state index >= 15 is 0 Å². The Bertz CT molecular complexity index is 817. The molecule has 2 aromatic heterocycles. The number of aryl methyl sites for hydroxylation is 1. The molecule has 0 saturated carbocycles. The van der Waals surface area contributed by atoms with Gasteiger partial charge in [0.15, 0.2) is 5.58 Å². The van der Waals surface area contributed by atoms with Crippen LogP contribution < -0.4 is 5.32 Å².